The zero-order valence-corrected chi connectivity index (χ0v) is 27.2. The topological polar surface area (TPSA) is 123 Å². The fourth-order valence-electron chi connectivity index (χ4n) is 4.21. The Hall–Kier alpha value is -6.67. The summed E-state index contributed by atoms with van der Waals surface area (Å²) in [7, 11) is 0. The summed E-state index contributed by atoms with van der Waals surface area (Å²) in [5, 5.41) is 12.9. The standard InChI is InChI=1S/C18H14F3N3O2.C11H9F3N2O.C7H5NO/c1-12-11-16(26-15-10-6-5-9-14(15)18(19,20)21)23-24(12)17(25)22-13-7-3-2-4-8-13;1-7-6-10(16-15-7)17-9-5-3-2-4-8(9)11(12,13)14;9-6-8-7-4-2-1-3-5-7/h2-11H,1H3,(H,22,25);2-6H,1H3,(H,15,16);1-5H. The number of rotatable bonds is 6. The Morgan fingerprint density at radius 3 is 1.73 bits per heavy atom. The van der Waals surface area contributed by atoms with E-state index in [1.165, 1.54) is 54.6 Å². The maximum atomic E-state index is 13.0. The first-order valence-electron chi connectivity index (χ1n) is 15.0. The SMILES string of the molecule is Cc1cc(Oc2ccccc2C(F)(F)F)n[nH]1.Cc1cc(Oc2ccccc2C(F)(F)F)nn1C(=O)Nc1ccccc1.O=C=Nc1ccccc1. The lowest BCUT2D eigenvalue weighted by Gasteiger charge is -2.11. The van der Waals surface area contributed by atoms with E-state index in [1.807, 2.05) is 18.2 Å². The van der Waals surface area contributed by atoms with E-state index in [0.717, 1.165) is 16.8 Å². The number of para-hydroxylation sites is 4. The Morgan fingerprint density at radius 1 is 0.731 bits per heavy atom. The van der Waals surface area contributed by atoms with Gasteiger partial charge in [0.15, 0.2) is 0 Å². The second-order valence-corrected chi connectivity index (χ2v) is 10.5. The summed E-state index contributed by atoms with van der Waals surface area (Å²) in [6.45, 7) is 3.33. The molecule has 0 saturated carbocycles. The van der Waals surface area contributed by atoms with Crippen LogP contribution in [0.5, 0.6) is 23.3 Å². The van der Waals surface area contributed by atoms with Gasteiger partial charge >= 0.3 is 18.4 Å². The summed E-state index contributed by atoms with van der Waals surface area (Å²) >= 11 is 0. The Bertz CT molecular complexity index is 2110. The van der Waals surface area contributed by atoms with Crippen LogP contribution in [-0.4, -0.2) is 32.1 Å². The maximum absolute atomic E-state index is 13.0. The van der Waals surface area contributed by atoms with E-state index in [9.17, 15) is 35.9 Å². The fourth-order valence-corrected chi connectivity index (χ4v) is 4.21. The highest BCUT2D eigenvalue weighted by Gasteiger charge is 2.35. The van der Waals surface area contributed by atoms with Crippen molar-refractivity contribution in [3.63, 3.8) is 0 Å². The maximum Gasteiger partial charge on any atom is 0.419 e. The van der Waals surface area contributed by atoms with Crippen LogP contribution in [0, 0.1) is 13.8 Å². The van der Waals surface area contributed by atoms with E-state index < -0.39 is 29.5 Å². The number of amides is 1. The van der Waals surface area contributed by atoms with Crippen LogP contribution < -0.4 is 14.8 Å². The highest BCUT2D eigenvalue weighted by molar-refractivity contribution is 5.90. The van der Waals surface area contributed by atoms with E-state index in [1.54, 1.807) is 56.3 Å². The highest BCUT2D eigenvalue weighted by Crippen LogP contribution is 2.38. The van der Waals surface area contributed by atoms with Crippen molar-refractivity contribution >= 4 is 23.5 Å². The molecule has 0 aliphatic heterocycles. The number of halogens is 6. The lowest BCUT2D eigenvalue weighted by molar-refractivity contribution is -0.139. The molecule has 2 N–H and O–H groups in total. The van der Waals surface area contributed by atoms with Gasteiger partial charge in [-0.3, -0.25) is 5.10 Å². The quantitative estimate of drug-likeness (QED) is 0.100. The van der Waals surface area contributed by atoms with Gasteiger partial charge in [0, 0.05) is 23.5 Å². The molecular formula is C36H28F6N6O4. The minimum absolute atomic E-state index is 0.109. The highest BCUT2D eigenvalue weighted by atomic mass is 19.4. The fraction of sp³-hybridized carbons (Fsp3) is 0.111. The van der Waals surface area contributed by atoms with Gasteiger partial charge in [-0.05, 0) is 62.4 Å². The lowest BCUT2D eigenvalue weighted by atomic mass is 10.2. The van der Waals surface area contributed by atoms with Crippen molar-refractivity contribution in [2.45, 2.75) is 26.2 Å². The summed E-state index contributed by atoms with van der Waals surface area (Å²) in [6, 6.07) is 29.9. The second kappa shape index (κ2) is 17.3. The van der Waals surface area contributed by atoms with Crippen LogP contribution in [0.1, 0.15) is 22.5 Å². The number of aryl methyl sites for hydroxylation is 2. The van der Waals surface area contributed by atoms with E-state index in [-0.39, 0.29) is 23.3 Å². The number of H-pyrrole nitrogens is 1. The van der Waals surface area contributed by atoms with Gasteiger partial charge in [0.25, 0.3) is 0 Å². The first-order valence-corrected chi connectivity index (χ1v) is 15.0. The summed E-state index contributed by atoms with van der Waals surface area (Å²) in [6.07, 6.45) is -7.54. The third-order valence-corrected chi connectivity index (χ3v) is 6.51. The number of anilines is 1. The number of nitrogens with zero attached hydrogens (tertiary/aromatic N) is 4. The third kappa shape index (κ3) is 11.2. The predicted octanol–water partition coefficient (Wildman–Crippen LogP) is 10.3. The summed E-state index contributed by atoms with van der Waals surface area (Å²) in [5.41, 5.74) is 0.605. The molecule has 0 unspecified atom stereocenters. The van der Waals surface area contributed by atoms with Crippen molar-refractivity contribution in [1.82, 2.24) is 20.0 Å². The van der Waals surface area contributed by atoms with Gasteiger partial charge in [-0.2, -0.15) is 36.0 Å². The van der Waals surface area contributed by atoms with Crippen LogP contribution in [0.15, 0.2) is 126 Å². The Morgan fingerprint density at radius 2 is 1.23 bits per heavy atom. The molecule has 268 valence electrons. The molecule has 0 aliphatic carbocycles. The molecule has 6 aromatic rings. The van der Waals surface area contributed by atoms with Gasteiger partial charge in [0.2, 0.25) is 17.8 Å². The van der Waals surface area contributed by atoms with Gasteiger partial charge < -0.3 is 14.8 Å². The van der Waals surface area contributed by atoms with Gasteiger partial charge in [-0.15, -0.1) is 10.2 Å². The van der Waals surface area contributed by atoms with Gasteiger partial charge in [-0.1, -0.05) is 60.7 Å². The van der Waals surface area contributed by atoms with Crippen molar-refractivity contribution in [2.75, 3.05) is 5.32 Å². The average Bonchev–Trinajstić information content (AvgIpc) is 3.69. The number of aliphatic imine (C=N–C) groups is 1. The molecule has 0 atom stereocenters. The number of hydrogen-bond acceptors (Lipinski definition) is 7. The predicted molar refractivity (Wildman–Crippen MR) is 178 cm³/mol. The molecule has 0 saturated heterocycles. The third-order valence-electron chi connectivity index (χ3n) is 6.51. The molecule has 1 amide bonds. The normalized spacial score (nSPS) is 10.8. The van der Waals surface area contributed by atoms with E-state index in [4.69, 9.17) is 9.47 Å². The number of aromatic amines is 1. The minimum atomic E-state index is -4.56. The van der Waals surface area contributed by atoms with Crippen molar-refractivity contribution < 1.29 is 45.4 Å². The summed E-state index contributed by atoms with van der Waals surface area (Å²) in [5.74, 6) is -0.638. The molecule has 52 heavy (non-hydrogen) atoms. The molecule has 0 spiro atoms. The monoisotopic (exact) mass is 722 g/mol. The molecule has 16 heteroatoms. The Labute approximate surface area is 292 Å². The molecule has 10 nitrogen and oxygen atoms in total. The Balaban J connectivity index is 0.000000198. The number of ether oxygens (including phenoxy) is 2. The number of aromatic nitrogens is 4. The van der Waals surface area contributed by atoms with E-state index >= 15 is 0 Å². The first kappa shape index (κ1) is 38.1. The zero-order chi connectivity index (χ0) is 37.7. The molecule has 0 radical (unpaired) electrons. The van der Waals surface area contributed by atoms with Crippen LogP contribution >= 0.6 is 0 Å². The number of carbonyl (C=O) groups excluding carboxylic acids is 2. The van der Waals surface area contributed by atoms with Crippen LogP contribution in [0.2, 0.25) is 0 Å². The number of benzene rings is 4. The van der Waals surface area contributed by atoms with Gasteiger partial charge in [-0.25, -0.2) is 9.59 Å². The van der Waals surface area contributed by atoms with E-state index in [2.05, 4.69) is 25.6 Å². The summed E-state index contributed by atoms with van der Waals surface area (Å²) in [4.78, 5) is 25.4. The zero-order valence-electron chi connectivity index (χ0n) is 27.2. The smallest absolute Gasteiger partial charge is 0.419 e. The summed E-state index contributed by atoms with van der Waals surface area (Å²) < 4.78 is 88.4. The largest absolute Gasteiger partial charge is 0.437 e. The number of carbonyl (C=O) groups is 1. The Kier molecular flexibility index (Phi) is 12.7. The number of hydrogen-bond donors (Lipinski definition) is 2. The second-order valence-electron chi connectivity index (χ2n) is 10.5. The van der Waals surface area contributed by atoms with Crippen LogP contribution in [0.4, 0.5) is 42.5 Å². The number of alkyl halides is 6. The van der Waals surface area contributed by atoms with Gasteiger partial charge in [0.05, 0.1) is 22.5 Å². The molecule has 0 bridgehead atoms. The molecule has 2 aromatic heterocycles. The number of isocyanates is 1. The molecule has 6 rings (SSSR count). The van der Waals surface area contributed by atoms with Crippen molar-refractivity contribution in [1.29, 1.82) is 0 Å². The molecule has 0 fully saturated rings. The van der Waals surface area contributed by atoms with E-state index in [0.29, 0.717) is 22.8 Å². The molecular weight excluding hydrogens is 694 g/mol. The lowest BCUT2D eigenvalue weighted by Crippen LogP contribution is -2.21. The molecule has 2 heterocycles. The number of nitrogens with one attached hydrogen (secondary N) is 2. The van der Waals surface area contributed by atoms with Crippen LogP contribution in [0.3, 0.4) is 0 Å². The van der Waals surface area contributed by atoms with Gasteiger partial charge in [0.1, 0.15) is 11.5 Å². The van der Waals surface area contributed by atoms with Crippen LogP contribution in [0.25, 0.3) is 0 Å². The molecule has 4 aromatic carbocycles. The van der Waals surface area contributed by atoms with Crippen LogP contribution in [-0.2, 0) is 17.1 Å². The van der Waals surface area contributed by atoms with Crippen molar-refractivity contribution in [3.05, 3.63) is 144 Å². The molecule has 0 aliphatic rings. The first-order chi connectivity index (χ1) is 24.7. The van der Waals surface area contributed by atoms with Crippen molar-refractivity contribution in [2.24, 2.45) is 4.99 Å². The minimum Gasteiger partial charge on any atom is -0.437 e. The van der Waals surface area contributed by atoms with Crippen molar-refractivity contribution in [3.8, 4) is 23.3 Å². The average molecular weight is 723 g/mol.